The van der Waals surface area contributed by atoms with Gasteiger partial charge in [0.05, 0.1) is 5.39 Å². The van der Waals surface area contributed by atoms with E-state index >= 15 is 0 Å². The summed E-state index contributed by atoms with van der Waals surface area (Å²) < 4.78 is 10.8. The molecule has 2 heterocycles. The van der Waals surface area contributed by atoms with Gasteiger partial charge in [0.25, 0.3) is 0 Å². The van der Waals surface area contributed by atoms with E-state index in [1.54, 1.807) is 0 Å². The highest BCUT2D eigenvalue weighted by Crippen LogP contribution is 2.38. The Balaban J connectivity index is 0.000000171. The number of fused-ring (bicyclic) bond motifs is 2. The van der Waals surface area contributed by atoms with Crippen LogP contribution in [0.1, 0.15) is 0 Å². The van der Waals surface area contributed by atoms with E-state index in [1.165, 1.54) is 36.4 Å². The topological polar surface area (TPSA) is 242 Å². The minimum Gasteiger partial charge on any atom is -0.508 e. The maximum Gasteiger partial charge on any atom is 0.238 e. The van der Waals surface area contributed by atoms with Crippen LogP contribution in [-0.4, -0.2) is 46.0 Å². The van der Waals surface area contributed by atoms with E-state index in [0.717, 1.165) is 30.3 Å². The van der Waals surface area contributed by atoms with Gasteiger partial charge in [0.15, 0.2) is 34.5 Å². The Hall–Kier alpha value is -6.50. The van der Waals surface area contributed by atoms with Crippen molar-refractivity contribution in [3.63, 3.8) is 0 Å². The maximum atomic E-state index is 12.1. The van der Waals surface area contributed by atoms with Crippen molar-refractivity contribution in [2.45, 2.75) is 0 Å². The Labute approximate surface area is 238 Å². The molecule has 0 unspecified atom stereocenters. The molecule has 0 bridgehead atoms. The van der Waals surface area contributed by atoms with Gasteiger partial charge >= 0.3 is 0 Å². The number of aromatic hydroxyl groups is 9. The Kier molecular flexibility index (Phi) is 6.83. The van der Waals surface area contributed by atoms with Crippen LogP contribution < -0.4 is 10.9 Å². The Morgan fingerprint density at radius 2 is 0.953 bits per heavy atom. The predicted octanol–water partition coefficient (Wildman–Crippen LogP) is 4.27. The standard InChI is InChI=1S/C15H10O7.C15H10O6/c16-7-4-10(19)12-11(5-7)22-15(14(21)13(12)20)6-1-2-8(17)9(18)3-6;16-8-2-3-9-12(6-8)21-15(14(20)13(9)19)7-1-4-10(17)11(18)5-7/h1-5,16-19,21H;1-6,16-18,20H. The zero-order chi connectivity index (χ0) is 31.2. The highest BCUT2D eigenvalue weighted by atomic mass is 16.4. The van der Waals surface area contributed by atoms with E-state index in [-0.39, 0.29) is 67.6 Å². The minimum absolute atomic E-state index is 0.0872. The van der Waals surface area contributed by atoms with Crippen molar-refractivity contribution in [2.75, 3.05) is 0 Å². The van der Waals surface area contributed by atoms with Gasteiger partial charge in [-0.25, -0.2) is 0 Å². The third-order valence-electron chi connectivity index (χ3n) is 6.26. The van der Waals surface area contributed by atoms with Crippen molar-refractivity contribution in [1.29, 1.82) is 0 Å². The van der Waals surface area contributed by atoms with Crippen LogP contribution in [0.3, 0.4) is 0 Å². The van der Waals surface area contributed by atoms with Crippen molar-refractivity contribution in [2.24, 2.45) is 0 Å². The van der Waals surface area contributed by atoms with Crippen LogP contribution in [0.4, 0.5) is 0 Å². The van der Waals surface area contributed by atoms with Gasteiger partial charge in [0, 0.05) is 29.3 Å². The lowest BCUT2D eigenvalue weighted by atomic mass is 10.1. The highest BCUT2D eigenvalue weighted by Gasteiger charge is 2.20. The van der Waals surface area contributed by atoms with Gasteiger partial charge in [0.1, 0.15) is 33.8 Å². The molecule has 6 rings (SSSR count). The zero-order valence-electron chi connectivity index (χ0n) is 21.5. The fourth-order valence-electron chi connectivity index (χ4n) is 4.17. The molecule has 0 atom stereocenters. The molecule has 0 radical (unpaired) electrons. The van der Waals surface area contributed by atoms with Gasteiger partial charge in [-0.3, -0.25) is 9.59 Å². The lowest BCUT2D eigenvalue weighted by Gasteiger charge is -2.08. The summed E-state index contributed by atoms with van der Waals surface area (Å²) in [4.78, 5) is 24.2. The molecule has 218 valence electrons. The second kappa shape index (κ2) is 10.5. The minimum atomic E-state index is -0.888. The molecule has 0 aliphatic rings. The molecular formula is C30H20O13. The molecule has 0 spiro atoms. The molecule has 0 saturated carbocycles. The van der Waals surface area contributed by atoms with Gasteiger partial charge in [0.2, 0.25) is 22.4 Å². The maximum absolute atomic E-state index is 12.1. The second-order valence-electron chi connectivity index (χ2n) is 9.14. The summed E-state index contributed by atoms with van der Waals surface area (Å²) in [5, 5.41) is 85.9. The van der Waals surface area contributed by atoms with E-state index in [1.807, 2.05) is 0 Å². The van der Waals surface area contributed by atoms with Gasteiger partial charge in [-0.05, 0) is 48.5 Å². The number of phenolic OH excluding ortho intramolecular Hbond substituents is 7. The van der Waals surface area contributed by atoms with Gasteiger partial charge in [-0.15, -0.1) is 0 Å². The number of hydrogen-bond acceptors (Lipinski definition) is 13. The smallest absolute Gasteiger partial charge is 0.238 e. The monoisotopic (exact) mass is 588 g/mol. The summed E-state index contributed by atoms with van der Waals surface area (Å²) >= 11 is 0. The molecule has 0 aliphatic carbocycles. The van der Waals surface area contributed by atoms with E-state index < -0.39 is 39.6 Å². The molecule has 0 fully saturated rings. The zero-order valence-corrected chi connectivity index (χ0v) is 21.5. The van der Waals surface area contributed by atoms with Crippen molar-refractivity contribution >= 4 is 21.9 Å². The average Bonchev–Trinajstić information content (AvgIpc) is 2.95. The molecule has 13 nitrogen and oxygen atoms in total. The van der Waals surface area contributed by atoms with Crippen LogP contribution in [0.15, 0.2) is 85.2 Å². The van der Waals surface area contributed by atoms with Crippen molar-refractivity contribution < 1.29 is 54.8 Å². The molecule has 4 aromatic carbocycles. The van der Waals surface area contributed by atoms with Crippen molar-refractivity contribution in [3.05, 3.63) is 87.2 Å². The first kappa shape index (κ1) is 28.0. The molecule has 0 amide bonds. The van der Waals surface area contributed by atoms with E-state index in [9.17, 15) is 55.5 Å². The van der Waals surface area contributed by atoms with E-state index in [4.69, 9.17) is 8.83 Å². The Morgan fingerprint density at radius 1 is 0.442 bits per heavy atom. The largest absolute Gasteiger partial charge is 0.508 e. The summed E-state index contributed by atoms with van der Waals surface area (Å²) in [5.74, 6) is -4.32. The first-order chi connectivity index (χ1) is 20.3. The number of rotatable bonds is 2. The van der Waals surface area contributed by atoms with E-state index in [0.29, 0.717) is 0 Å². The van der Waals surface area contributed by atoms with Gasteiger partial charge in [-0.1, -0.05) is 0 Å². The third-order valence-corrected chi connectivity index (χ3v) is 6.26. The van der Waals surface area contributed by atoms with Crippen LogP contribution in [0.25, 0.3) is 44.6 Å². The summed E-state index contributed by atoms with van der Waals surface area (Å²) in [7, 11) is 0. The first-order valence-corrected chi connectivity index (χ1v) is 12.1. The summed E-state index contributed by atoms with van der Waals surface area (Å²) in [6.45, 7) is 0. The molecule has 43 heavy (non-hydrogen) atoms. The molecule has 0 saturated heterocycles. The second-order valence-corrected chi connectivity index (χ2v) is 9.14. The number of hydrogen-bond donors (Lipinski definition) is 9. The van der Waals surface area contributed by atoms with E-state index in [2.05, 4.69) is 0 Å². The van der Waals surface area contributed by atoms with Gasteiger partial charge in [-0.2, -0.15) is 0 Å². The Bertz CT molecular complexity index is 2180. The molecular weight excluding hydrogens is 568 g/mol. The predicted molar refractivity (Wildman–Crippen MR) is 151 cm³/mol. The normalized spacial score (nSPS) is 10.9. The highest BCUT2D eigenvalue weighted by molar-refractivity contribution is 5.88. The third kappa shape index (κ3) is 5.09. The lowest BCUT2D eigenvalue weighted by Crippen LogP contribution is -2.02. The molecule has 9 N–H and O–H groups in total. The van der Waals surface area contributed by atoms with Crippen LogP contribution in [0, 0.1) is 0 Å². The number of benzene rings is 4. The lowest BCUT2D eigenvalue weighted by molar-refractivity contribution is 0.403. The fraction of sp³-hybridized carbons (Fsp3) is 0. The van der Waals surface area contributed by atoms with Gasteiger partial charge < -0.3 is 54.8 Å². The summed E-state index contributed by atoms with van der Waals surface area (Å²) in [6, 6.07) is 13.3. The quantitative estimate of drug-likeness (QED) is 0.128. The van der Waals surface area contributed by atoms with Crippen molar-refractivity contribution in [3.8, 4) is 74.4 Å². The molecule has 13 heteroatoms. The Morgan fingerprint density at radius 3 is 1.51 bits per heavy atom. The summed E-state index contributed by atoms with van der Waals surface area (Å²) in [5.41, 5.74) is -1.23. The summed E-state index contributed by atoms with van der Waals surface area (Å²) in [6.07, 6.45) is 0. The molecule has 0 aliphatic heterocycles. The van der Waals surface area contributed by atoms with Crippen molar-refractivity contribution in [1.82, 2.24) is 0 Å². The SMILES string of the molecule is O=c1c(O)c(-c2ccc(O)c(O)c2)oc2cc(O)cc(O)c12.O=c1c(O)c(-c2ccc(O)c(O)c2)oc2cc(O)ccc12. The van der Waals surface area contributed by atoms with Crippen LogP contribution >= 0.6 is 0 Å². The van der Waals surface area contributed by atoms with Crippen LogP contribution in [0.5, 0.6) is 51.7 Å². The molecule has 6 aromatic rings. The molecule has 2 aromatic heterocycles. The first-order valence-electron chi connectivity index (χ1n) is 12.1. The van der Waals surface area contributed by atoms with Crippen LogP contribution in [0.2, 0.25) is 0 Å². The van der Waals surface area contributed by atoms with Crippen LogP contribution in [-0.2, 0) is 0 Å². The fourth-order valence-corrected chi connectivity index (χ4v) is 4.17. The number of phenols is 7. The average molecular weight is 588 g/mol.